The van der Waals surface area contributed by atoms with Crippen molar-refractivity contribution in [3.05, 3.63) is 29.8 Å². The lowest BCUT2D eigenvalue weighted by atomic mass is 9.53. The summed E-state index contributed by atoms with van der Waals surface area (Å²) in [6, 6.07) is 6.81. The third-order valence-corrected chi connectivity index (χ3v) is 10.4. The molecule has 1 N–H and O–H groups in total. The zero-order chi connectivity index (χ0) is 24.1. The van der Waals surface area contributed by atoms with Gasteiger partial charge in [0.05, 0.1) is 10.8 Å². The quantitative estimate of drug-likeness (QED) is 0.620. The lowest BCUT2D eigenvalue weighted by Gasteiger charge is -2.57. The number of hydrogen-bond donors (Lipinski definition) is 1. The Morgan fingerprint density at radius 1 is 1.00 bits per heavy atom. The number of nitrogens with one attached hydrogen (secondary N) is 1. The van der Waals surface area contributed by atoms with Crippen molar-refractivity contribution in [1.29, 1.82) is 0 Å². The predicted molar refractivity (Wildman–Crippen MR) is 127 cm³/mol. The largest absolute Gasteiger partial charge is 0.452 e. The van der Waals surface area contributed by atoms with Crippen LogP contribution in [0.25, 0.3) is 0 Å². The molecule has 5 aliphatic rings. The van der Waals surface area contributed by atoms with Gasteiger partial charge in [0.2, 0.25) is 10.0 Å². The van der Waals surface area contributed by atoms with Crippen LogP contribution >= 0.6 is 0 Å². The molecule has 1 unspecified atom stereocenters. The molecule has 1 aliphatic heterocycles. The Bertz CT molecular complexity index is 1010. The molecule has 0 aromatic heterocycles. The summed E-state index contributed by atoms with van der Waals surface area (Å²) in [6.45, 7) is 4.09. The average Bonchev–Trinajstić information content (AvgIpc) is 2.78. The fourth-order valence-corrected chi connectivity index (χ4v) is 8.61. The van der Waals surface area contributed by atoms with E-state index >= 15 is 0 Å². The van der Waals surface area contributed by atoms with Crippen molar-refractivity contribution in [2.45, 2.75) is 81.8 Å². The molecule has 1 saturated heterocycles. The van der Waals surface area contributed by atoms with Gasteiger partial charge < -0.3 is 10.1 Å². The Balaban J connectivity index is 1.13. The van der Waals surface area contributed by atoms with Gasteiger partial charge in [-0.2, -0.15) is 4.31 Å². The third-order valence-electron chi connectivity index (χ3n) is 8.53. The third kappa shape index (κ3) is 4.63. The number of sulfonamides is 1. The van der Waals surface area contributed by atoms with Crippen LogP contribution in [0.2, 0.25) is 0 Å². The second-order valence-electron chi connectivity index (χ2n) is 11.3. The van der Waals surface area contributed by atoms with E-state index in [2.05, 4.69) is 5.32 Å². The van der Waals surface area contributed by atoms with E-state index in [1.54, 1.807) is 31.2 Å². The monoisotopic (exact) mass is 488 g/mol. The molecule has 1 heterocycles. The van der Waals surface area contributed by atoms with E-state index < -0.39 is 22.1 Å². The molecule has 1 amide bonds. The molecule has 34 heavy (non-hydrogen) atoms. The van der Waals surface area contributed by atoms with Crippen molar-refractivity contribution in [2.75, 3.05) is 13.1 Å². The fraction of sp³-hybridized carbons (Fsp3) is 0.692. The summed E-state index contributed by atoms with van der Waals surface area (Å²) >= 11 is 0. The van der Waals surface area contributed by atoms with Crippen LogP contribution in [0.4, 0.5) is 0 Å². The van der Waals surface area contributed by atoms with E-state index in [4.69, 9.17) is 4.74 Å². The molecule has 8 heteroatoms. The van der Waals surface area contributed by atoms with E-state index in [-0.39, 0.29) is 35.3 Å². The first kappa shape index (κ1) is 23.8. The van der Waals surface area contributed by atoms with Crippen molar-refractivity contribution >= 4 is 21.9 Å². The van der Waals surface area contributed by atoms with Crippen LogP contribution in [-0.4, -0.2) is 49.3 Å². The molecule has 4 aliphatic carbocycles. The molecule has 0 spiro atoms. The lowest BCUT2D eigenvalue weighted by molar-refractivity contribution is -0.161. The molecular weight excluding hydrogens is 452 g/mol. The first-order chi connectivity index (χ1) is 16.1. The predicted octanol–water partition coefficient (Wildman–Crippen LogP) is 3.41. The van der Waals surface area contributed by atoms with Crippen molar-refractivity contribution in [2.24, 2.45) is 23.7 Å². The molecule has 4 bridgehead atoms. The summed E-state index contributed by atoms with van der Waals surface area (Å²) < 4.78 is 32.8. The number of carbonyl (C=O) groups excluding carboxylic acids is 2. The van der Waals surface area contributed by atoms with Gasteiger partial charge in [0.1, 0.15) is 0 Å². The van der Waals surface area contributed by atoms with Gasteiger partial charge in [-0.25, -0.2) is 8.42 Å². The highest BCUT2D eigenvalue weighted by molar-refractivity contribution is 7.89. The Kier molecular flexibility index (Phi) is 6.25. The Labute approximate surface area is 202 Å². The standard InChI is InChI=1S/C26H36N2O5S/c1-17-3-5-23(6-4-17)34(31,32)28-9-7-22(8-10-28)25(30)33-18(2)24(29)27-26-14-19-11-20(15-26)13-21(12-19)16-26/h3-6,18-22H,7-16H2,1-2H3,(H,27,29). The summed E-state index contributed by atoms with van der Waals surface area (Å²) in [4.78, 5) is 26.0. The minimum Gasteiger partial charge on any atom is -0.452 e. The number of amides is 1. The number of esters is 1. The van der Waals surface area contributed by atoms with Gasteiger partial charge in [-0.05, 0) is 95.1 Å². The summed E-state index contributed by atoms with van der Waals surface area (Å²) in [5.41, 5.74) is 0.893. The Morgan fingerprint density at radius 3 is 2.06 bits per heavy atom. The summed E-state index contributed by atoms with van der Waals surface area (Å²) in [5.74, 6) is 1.19. The highest BCUT2D eigenvalue weighted by Gasteiger charge is 2.52. The highest BCUT2D eigenvalue weighted by atomic mass is 32.2. The SMILES string of the molecule is Cc1ccc(S(=O)(=O)N2CCC(C(=O)OC(C)C(=O)NC34CC5CC(CC(C5)C3)C4)CC2)cc1. The van der Waals surface area contributed by atoms with Gasteiger partial charge in [-0.1, -0.05) is 17.7 Å². The van der Waals surface area contributed by atoms with Crippen LogP contribution in [0, 0.1) is 30.6 Å². The first-order valence-corrected chi connectivity index (χ1v) is 14.2. The minimum atomic E-state index is -3.57. The van der Waals surface area contributed by atoms with Gasteiger partial charge >= 0.3 is 5.97 Å². The van der Waals surface area contributed by atoms with Crippen molar-refractivity contribution < 1.29 is 22.7 Å². The van der Waals surface area contributed by atoms with Crippen LogP contribution < -0.4 is 5.32 Å². The molecule has 186 valence electrons. The fourth-order valence-electron chi connectivity index (χ4n) is 7.14. The van der Waals surface area contributed by atoms with Gasteiger partial charge in [0, 0.05) is 18.6 Å². The van der Waals surface area contributed by atoms with E-state index in [1.807, 2.05) is 6.92 Å². The Morgan fingerprint density at radius 2 is 1.53 bits per heavy atom. The number of carbonyl (C=O) groups is 2. The Hall–Kier alpha value is -1.93. The highest BCUT2D eigenvalue weighted by Crippen LogP contribution is 2.55. The van der Waals surface area contributed by atoms with Gasteiger partial charge in [-0.3, -0.25) is 9.59 Å². The number of ether oxygens (including phenoxy) is 1. The molecule has 1 atom stereocenters. The van der Waals surface area contributed by atoms with E-state index in [0.29, 0.717) is 12.8 Å². The molecule has 1 aromatic rings. The molecular formula is C26H36N2O5S. The number of hydrogen-bond acceptors (Lipinski definition) is 5. The van der Waals surface area contributed by atoms with Gasteiger partial charge in [0.25, 0.3) is 5.91 Å². The number of piperidine rings is 1. The maximum Gasteiger partial charge on any atom is 0.309 e. The van der Waals surface area contributed by atoms with Crippen molar-refractivity contribution in [1.82, 2.24) is 9.62 Å². The second-order valence-corrected chi connectivity index (χ2v) is 13.2. The van der Waals surface area contributed by atoms with Crippen molar-refractivity contribution in [3.63, 3.8) is 0 Å². The number of benzene rings is 1. The maximum atomic E-state index is 12.9. The maximum absolute atomic E-state index is 12.9. The van der Waals surface area contributed by atoms with Gasteiger partial charge in [-0.15, -0.1) is 0 Å². The number of nitrogens with zero attached hydrogens (tertiary/aromatic N) is 1. The van der Waals surface area contributed by atoms with Crippen molar-refractivity contribution in [3.8, 4) is 0 Å². The van der Waals surface area contributed by atoms with E-state index in [1.165, 1.54) is 23.6 Å². The first-order valence-electron chi connectivity index (χ1n) is 12.7. The van der Waals surface area contributed by atoms with Crippen LogP contribution in [-0.2, 0) is 24.3 Å². The summed E-state index contributed by atoms with van der Waals surface area (Å²) in [7, 11) is -3.57. The zero-order valence-corrected chi connectivity index (χ0v) is 21.0. The average molecular weight is 489 g/mol. The van der Waals surface area contributed by atoms with Crippen LogP contribution in [0.1, 0.15) is 63.9 Å². The van der Waals surface area contributed by atoms with Crippen LogP contribution in [0.3, 0.4) is 0 Å². The number of rotatable bonds is 6. The number of aryl methyl sites for hydroxylation is 1. The zero-order valence-electron chi connectivity index (χ0n) is 20.2. The van der Waals surface area contributed by atoms with Crippen LogP contribution in [0.5, 0.6) is 0 Å². The van der Waals surface area contributed by atoms with E-state index in [0.717, 1.165) is 42.6 Å². The summed E-state index contributed by atoms with van der Waals surface area (Å²) in [5, 5.41) is 3.28. The minimum absolute atomic E-state index is 0.109. The second kappa shape index (κ2) is 8.94. The van der Waals surface area contributed by atoms with Crippen LogP contribution in [0.15, 0.2) is 29.2 Å². The topological polar surface area (TPSA) is 92.8 Å². The molecule has 5 fully saturated rings. The molecule has 7 nitrogen and oxygen atoms in total. The molecule has 1 aromatic carbocycles. The normalized spacial score (nSPS) is 32.4. The lowest BCUT2D eigenvalue weighted by Crippen LogP contribution is -2.61. The molecule has 0 radical (unpaired) electrons. The molecule has 4 saturated carbocycles. The smallest absolute Gasteiger partial charge is 0.309 e. The van der Waals surface area contributed by atoms with Gasteiger partial charge in [0.15, 0.2) is 6.10 Å². The summed E-state index contributed by atoms with van der Waals surface area (Å²) in [6.07, 6.45) is 7.03. The van der Waals surface area contributed by atoms with E-state index in [9.17, 15) is 18.0 Å². The molecule has 6 rings (SSSR count).